The van der Waals surface area contributed by atoms with Crippen LogP contribution in [-0.2, 0) is 0 Å². The highest BCUT2D eigenvalue weighted by Gasteiger charge is 2.16. The Kier molecular flexibility index (Phi) is 4.14. The quantitative estimate of drug-likeness (QED) is 0.403. The molecular formula is C24H19FN6. The first-order valence-electron chi connectivity index (χ1n) is 10.3. The third-order valence-corrected chi connectivity index (χ3v) is 5.72. The van der Waals surface area contributed by atoms with Crippen LogP contribution in [0.15, 0.2) is 60.8 Å². The summed E-state index contributed by atoms with van der Waals surface area (Å²) in [5.41, 5.74) is 8.21. The van der Waals surface area contributed by atoms with Crippen LogP contribution >= 0.6 is 0 Å². The zero-order valence-corrected chi connectivity index (χ0v) is 16.6. The predicted octanol–water partition coefficient (Wildman–Crippen LogP) is 4.68. The molecule has 0 bridgehead atoms. The highest BCUT2D eigenvalue weighted by Crippen LogP contribution is 2.33. The molecule has 6 nitrogen and oxygen atoms in total. The van der Waals surface area contributed by atoms with E-state index in [1.54, 1.807) is 18.3 Å². The smallest absolute Gasteiger partial charge is 0.135 e. The number of hydrogen-bond donors (Lipinski definition) is 3. The predicted molar refractivity (Wildman–Crippen MR) is 120 cm³/mol. The number of hydrogen-bond acceptors (Lipinski definition) is 4. The molecule has 0 radical (unpaired) electrons. The maximum atomic E-state index is 13.4. The number of aromatic nitrogens is 5. The minimum absolute atomic E-state index is 0.264. The number of fused-ring (bicyclic) bond motifs is 2. The highest BCUT2D eigenvalue weighted by molar-refractivity contribution is 5.99. The lowest BCUT2D eigenvalue weighted by Gasteiger charge is -2.13. The van der Waals surface area contributed by atoms with Crippen LogP contribution in [0.3, 0.4) is 0 Å². The Bertz CT molecular complexity index is 1440. The van der Waals surface area contributed by atoms with Crippen LogP contribution in [0.1, 0.15) is 12.1 Å². The topological polar surface area (TPSA) is 82.3 Å². The molecule has 0 fully saturated rings. The lowest BCUT2D eigenvalue weighted by molar-refractivity contribution is 0.628. The molecule has 5 aromatic rings. The molecule has 0 amide bonds. The first kappa shape index (κ1) is 18.0. The van der Waals surface area contributed by atoms with Crippen molar-refractivity contribution >= 4 is 27.5 Å². The van der Waals surface area contributed by atoms with E-state index in [0.717, 1.165) is 69.8 Å². The summed E-state index contributed by atoms with van der Waals surface area (Å²) < 4.78 is 13.4. The summed E-state index contributed by atoms with van der Waals surface area (Å²) in [6, 6.07) is 14.4. The van der Waals surface area contributed by atoms with Crippen molar-refractivity contribution in [3.05, 3.63) is 72.3 Å². The molecule has 0 aliphatic carbocycles. The minimum Gasteiger partial charge on any atom is -0.353 e. The molecule has 0 saturated heterocycles. The fourth-order valence-corrected chi connectivity index (χ4v) is 4.14. The van der Waals surface area contributed by atoms with Crippen molar-refractivity contribution < 1.29 is 4.39 Å². The van der Waals surface area contributed by atoms with Crippen LogP contribution < -0.4 is 5.32 Å². The summed E-state index contributed by atoms with van der Waals surface area (Å²) in [6.07, 6.45) is 4.91. The van der Waals surface area contributed by atoms with Crippen molar-refractivity contribution in [3.63, 3.8) is 0 Å². The molecule has 152 valence electrons. The van der Waals surface area contributed by atoms with Gasteiger partial charge in [-0.3, -0.25) is 10.1 Å². The van der Waals surface area contributed by atoms with Gasteiger partial charge in [0.2, 0.25) is 0 Å². The SMILES string of the molecule is Fc1ccc(-c2nccc3[nH]c(-c4n[nH]c5ccc(C6=CCNCC6)nc45)cc23)cc1. The van der Waals surface area contributed by atoms with Gasteiger partial charge in [-0.15, -0.1) is 0 Å². The number of pyridine rings is 2. The summed E-state index contributed by atoms with van der Waals surface area (Å²) in [5.74, 6) is -0.264. The zero-order chi connectivity index (χ0) is 20.8. The van der Waals surface area contributed by atoms with Gasteiger partial charge in [0.15, 0.2) is 0 Å². The number of halogens is 1. The largest absolute Gasteiger partial charge is 0.353 e. The van der Waals surface area contributed by atoms with E-state index in [9.17, 15) is 4.39 Å². The van der Waals surface area contributed by atoms with Crippen LogP contribution in [0.25, 0.3) is 50.2 Å². The molecular weight excluding hydrogens is 391 g/mol. The summed E-state index contributed by atoms with van der Waals surface area (Å²) in [6.45, 7) is 1.83. The van der Waals surface area contributed by atoms with Crippen molar-refractivity contribution in [2.24, 2.45) is 0 Å². The normalized spacial score (nSPS) is 14.3. The van der Waals surface area contributed by atoms with E-state index in [1.165, 1.54) is 17.7 Å². The molecule has 6 rings (SSSR count). The van der Waals surface area contributed by atoms with Crippen LogP contribution in [0.5, 0.6) is 0 Å². The molecule has 0 saturated carbocycles. The second kappa shape index (κ2) is 7.14. The fraction of sp³-hybridized carbons (Fsp3) is 0.125. The molecule has 1 aliphatic rings. The zero-order valence-electron chi connectivity index (χ0n) is 16.6. The first-order valence-corrected chi connectivity index (χ1v) is 10.3. The minimum atomic E-state index is -0.264. The van der Waals surface area contributed by atoms with Crippen molar-refractivity contribution in [1.82, 2.24) is 30.5 Å². The summed E-state index contributed by atoms with van der Waals surface area (Å²) in [5, 5.41) is 11.9. The number of H-pyrrole nitrogens is 2. The van der Waals surface area contributed by atoms with Gasteiger partial charge in [-0.1, -0.05) is 6.08 Å². The first-order chi connectivity index (χ1) is 15.3. The average molecular weight is 410 g/mol. The summed E-state index contributed by atoms with van der Waals surface area (Å²) in [4.78, 5) is 12.9. The Labute approximate surface area is 177 Å². The van der Waals surface area contributed by atoms with Gasteiger partial charge in [-0.25, -0.2) is 9.37 Å². The number of nitrogens with one attached hydrogen (secondary N) is 3. The van der Waals surface area contributed by atoms with E-state index in [-0.39, 0.29) is 5.82 Å². The van der Waals surface area contributed by atoms with Crippen molar-refractivity contribution in [2.75, 3.05) is 13.1 Å². The van der Waals surface area contributed by atoms with Gasteiger partial charge in [-0.05, 0) is 67.1 Å². The van der Waals surface area contributed by atoms with Crippen LogP contribution in [0.2, 0.25) is 0 Å². The molecule has 0 spiro atoms. The van der Waals surface area contributed by atoms with Crippen LogP contribution in [-0.4, -0.2) is 38.2 Å². The van der Waals surface area contributed by atoms with Gasteiger partial charge < -0.3 is 10.3 Å². The van der Waals surface area contributed by atoms with Crippen molar-refractivity contribution in [3.8, 4) is 22.6 Å². The number of rotatable bonds is 3. The molecule has 1 aromatic carbocycles. The highest BCUT2D eigenvalue weighted by atomic mass is 19.1. The third kappa shape index (κ3) is 3.10. The van der Waals surface area contributed by atoms with E-state index in [0.29, 0.717) is 0 Å². The van der Waals surface area contributed by atoms with Crippen LogP contribution in [0, 0.1) is 5.82 Å². The van der Waals surface area contributed by atoms with E-state index < -0.39 is 0 Å². The Balaban J connectivity index is 1.48. The third-order valence-electron chi connectivity index (χ3n) is 5.72. The molecule has 3 N–H and O–H groups in total. The van der Waals surface area contributed by atoms with Crippen molar-refractivity contribution in [1.29, 1.82) is 0 Å². The van der Waals surface area contributed by atoms with E-state index in [2.05, 4.69) is 31.6 Å². The second-order valence-corrected chi connectivity index (χ2v) is 7.66. The monoisotopic (exact) mass is 410 g/mol. The lowest BCUT2D eigenvalue weighted by Crippen LogP contribution is -2.20. The number of aromatic amines is 2. The molecule has 0 atom stereocenters. The van der Waals surface area contributed by atoms with Gasteiger partial charge in [0.05, 0.1) is 22.6 Å². The maximum absolute atomic E-state index is 13.4. The Morgan fingerprint density at radius 3 is 2.68 bits per heavy atom. The second-order valence-electron chi connectivity index (χ2n) is 7.66. The van der Waals surface area contributed by atoms with Gasteiger partial charge in [0.1, 0.15) is 17.0 Å². The number of nitrogens with zero attached hydrogens (tertiary/aromatic N) is 3. The molecule has 7 heteroatoms. The molecule has 31 heavy (non-hydrogen) atoms. The Morgan fingerprint density at radius 1 is 0.935 bits per heavy atom. The van der Waals surface area contributed by atoms with E-state index in [4.69, 9.17) is 4.98 Å². The molecule has 5 heterocycles. The van der Waals surface area contributed by atoms with Gasteiger partial charge in [0.25, 0.3) is 0 Å². The van der Waals surface area contributed by atoms with E-state index in [1.807, 2.05) is 24.3 Å². The Morgan fingerprint density at radius 2 is 1.84 bits per heavy atom. The molecule has 4 aromatic heterocycles. The summed E-state index contributed by atoms with van der Waals surface area (Å²) >= 11 is 0. The van der Waals surface area contributed by atoms with Crippen LogP contribution in [0.4, 0.5) is 4.39 Å². The summed E-state index contributed by atoms with van der Waals surface area (Å²) in [7, 11) is 0. The van der Waals surface area contributed by atoms with Crippen molar-refractivity contribution in [2.45, 2.75) is 6.42 Å². The number of benzene rings is 1. The lowest BCUT2D eigenvalue weighted by atomic mass is 10.0. The maximum Gasteiger partial charge on any atom is 0.135 e. The van der Waals surface area contributed by atoms with E-state index >= 15 is 0 Å². The van der Waals surface area contributed by atoms with Gasteiger partial charge in [0, 0.05) is 29.2 Å². The molecule has 1 aliphatic heterocycles. The standard InChI is InChI=1S/C24H19FN6/c25-16-3-1-15(2-4-16)22-17-13-21(28-19(17)9-12-27-22)24-23-20(30-31-24)6-5-18(29-23)14-7-10-26-11-8-14/h1-7,9,12-13,26,28H,8,10-11H2,(H,30,31). The Hall–Kier alpha value is -3.84. The average Bonchev–Trinajstić information content (AvgIpc) is 3.43. The van der Waals surface area contributed by atoms with Gasteiger partial charge in [-0.2, -0.15) is 5.10 Å². The van der Waals surface area contributed by atoms with Gasteiger partial charge >= 0.3 is 0 Å². The molecule has 0 unspecified atom stereocenters. The fourth-order valence-electron chi connectivity index (χ4n) is 4.14.